The van der Waals surface area contributed by atoms with Gasteiger partial charge in [0.05, 0.1) is 18.7 Å². The second-order valence-corrected chi connectivity index (χ2v) is 6.82. The molecule has 2 unspecified atom stereocenters. The van der Waals surface area contributed by atoms with Crippen molar-refractivity contribution < 1.29 is 9.53 Å². The van der Waals surface area contributed by atoms with Gasteiger partial charge in [0.2, 0.25) is 5.91 Å². The number of benzene rings is 1. The number of anilines is 1. The van der Waals surface area contributed by atoms with E-state index in [2.05, 4.69) is 51.4 Å². The largest absolute Gasteiger partial charge is 0.384 e. The number of hydrogen-bond donors (Lipinski definition) is 1. The minimum Gasteiger partial charge on any atom is -0.384 e. The Bertz CT molecular complexity index is 723. The van der Waals surface area contributed by atoms with Crippen LogP contribution in [0.15, 0.2) is 42.9 Å². The molecule has 6 heteroatoms. The molecule has 1 N–H and O–H groups in total. The Hall–Kier alpha value is -2.47. The van der Waals surface area contributed by atoms with Crippen LogP contribution < -0.4 is 10.2 Å². The summed E-state index contributed by atoms with van der Waals surface area (Å²) in [5, 5.41) is 3.10. The summed E-state index contributed by atoms with van der Waals surface area (Å²) in [6, 6.07) is 8.39. The van der Waals surface area contributed by atoms with Gasteiger partial charge in [0.25, 0.3) is 0 Å². The molecular weight excluding hydrogens is 328 g/mol. The summed E-state index contributed by atoms with van der Waals surface area (Å²) in [6.45, 7) is 4.68. The topological polar surface area (TPSA) is 67.3 Å². The van der Waals surface area contributed by atoms with Crippen molar-refractivity contribution in [3.63, 3.8) is 0 Å². The van der Waals surface area contributed by atoms with Crippen LogP contribution >= 0.6 is 0 Å². The minimum absolute atomic E-state index is 0.0890. The Morgan fingerprint density at radius 2 is 2.23 bits per heavy atom. The summed E-state index contributed by atoms with van der Waals surface area (Å²) >= 11 is 0. The zero-order valence-electron chi connectivity index (χ0n) is 15.4. The van der Waals surface area contributed by atoms with Crippen LogP contribution in [-0.4, -0.2) is 49.2 Å². The van der Waals surface area contributed by atoms with Crippen molar-refractivity contribution in [2.75, 3.05) is 38.3 Å². The predicted octanol–water partition coefficient (Wildman–Crippen LogP) is 1.84. The van der Waals surface area contributed by atoms with Crippen LogP contribution in [0.4, 0.5) is 5.82 Å². The molecule has 2 atom stereocenters. The van der Waals surface area contributed by atoms with E-state index in [1.54, 1.807) is 25.7 Å². The van der Waals surface area contributed by atoms with Gasteiger partial charge in [0.15, 0.2) is 0 Å². The van der Waals surface area contributed by atoms with Gasteiger partial charge in [-0.25, -0.2) is 4.98 Å². The number of rotatable bonds is 7. The van der Waals surface area contributed by atoms with Gasteiger partial charge in [-0.1, -0.05) is 29.8 Å². The van der Waals surface area contributed by atoms with Crippen LogP contribution in [0.1, 0.15) is 11.1 Å². The molecule has 1 fully saturated rings. The Labute approximate surface area is 154 Å². The molecule has 1 aromatic carbocycles. The molecule has 1 aliphatic heterocycles. The Kier molecular flexibility index (Phi) is 6.17. The molecule has 1 aliphatic rings. The minimum atomic E-state index is -0.102. The number of carbonyl (C=O) groups excluding carboxylic acids is 1. The Morgan fingerprint density at radius 3 is 2.96 bits per heavy atom. The zero-order chi connectivity index (χ0) is 18.4. The first-order chi connectivity index (χ1) is 12.7. The normalized spacial score (nSPS) is 19.5. The van der Waals surface area contributed by atoms with E-state index < -0.39 is 0 Å². The number of carbonyl (C=O) groups is 1. The van der Waals surface area contributed by atoms with Crippen molar-refractivity contribution in [1.82, 2.24) is 15.3 Å². The lowest BCUT2D eigenvalue weighted by atomic mass is 9.96. The van der Waals surface area contributed by atoms with Gasteiger partial charge in [-0.3, -0.25) is 9.78 Å². The van der Waals surface area contributed by atoms with Crippen LogP contribution in [0.2, 0.25) is 0 Å². The zero-order valence-corrected chi connectivity index (χ0v) is 15.4. The number of methoxy groups -OCH3 is 1. The Balaban J connectivity index is 1.57. The van der Waals surface area contributed by atoms with E-state index in [4.69, 9.17) is 4.74 Å². The van der Waals surface area contributed by atoms with Crippen molar-refractivity contribution in [2.24, 2.45) is 11.8 Å². The smallest absolute Gasteiger partial charge is 0.225 e. The van der Waals surface area contributed by atoms with Crippen LogP contribution in [-0.2, 0) is 16.0 Å². The quantitative estimate of drug-likeness (QED) is 0.822. The SMILES string of the molecule is COCC1CN(c2cnccn2)CC1C(=O)NCCc1cccc(C)c1. The van der Waals surface area contributed by atoms with Gasteiger partial charge in [0.1, 0.15) is 5.82 Å². The molecule has 3 rings (SSSR count). The molecule has 2 heterocycles. The molecular formula is C20H26N4O2. The van der Waals surface area contributed by atoms with Gasteiger partial charge in [-0.05, 0) is 18.9 Å². The summed E-state index contributed by atoms with van der Waals surface area (Å²) in [6.07, 6.45) is 5.91. The van der Waals surface area contributed by atoms with E-state index in [1.807, 2.05) is 0 Å². The van der Waals surface area contributed by atoms with Gasteiger partial charge in [-0.15, -0.1) is 0 Å². The summed E-state index contributed by atoms with van der Waals surface area (Å²) in [5.41, 5.74) is 2.48. The molecule has 1 amide bonds. The molecule has 2 aromatic rings. The summed E-state index contributed by atoms with van der Waals surface area (Å²) < 4.78 is 5.33. The first-order valence-corrected chi connectivity index (χ1v) is 9.00. The highest BCUT2D eigenvalue weighted by molar-refractivity contribution is 5.80. The number of aromatic nitrogens is 2. The van der Waals surface area contributed by atoms with Crippen molar-refractivity contribution in [1.29, 1.82) is 0 Å². The number of ether oxygens (including phenoxy) is 1. The molecule has 0 aliphatic carbocycles. The highest BCUT2D eigenvalue weighted by atomic mass is 16.5. The summed E-state index contributed by atoms with van der Waals surface area (Å²) in [4.78, 5) is 23.3. The van der Waals surface area contributed by atoms with E-state index in [0.717, 1.165) is 18.8 Å². The molecule has 1 saturated heterocycles. The number of hydrogen-bond acceptors (Lipinski definition) is 5. The van der Waals surface area contributed by atoms with Crippen molar-refractivity contribution in [3.05, 3.63) is 54.0 Å². The number of aryl methyl sites for hydroxylation is 1. The molecule has 0 bridgehead atoms. The maximum atomic E-state index is 12.7. The van der Waals surface area contributed by atoms with Crippen LogP contribution in [0.25, 0.3) is 0 Å². The second kappa shape index (κ2) is 8.76. The van der Waals surface area contributed by atoms with Crippen LogP contribution in [0.3, 0.4) is 0 Å². The lowest BCUT2D eigenvalue weighted by molar-refractivity contribution is -0.126. The third-order valence-corrected chi connectivity index (χ3v) is 4.83. The molecule has 0 saturated carbocycles. The summed E-state index contributed by atoms with van der Waals surface area (Å²) in [7, 11) is 1.68. The average Bonchev–Trinajstić information content (AvgIpc) is 3.07. The maximum Gasteiger partial charge on any atom is 0.225 e. The predicted molar refractivity (Wildman–Crippen MR) is 101 cm³/mol. The van der Waals surface area contributed by atoms with E-state index in [1.165, 1.54) is 11.1 Å². The fraction of sp³-hybridized carbons (Fsp3) is 0.450. The van der Waals surface area contributed by atoms with Crippen molar-refractivity contribution >= 4 is 11.7 Å². The van der Waals surface area contributed by atoms with Crippen molar-refractivity contribution in [2.45, 2.75) is 13.3 Å². The number of nitrogens with zero attached hydrogens (tertiary/aromatic N) is 3. The van der Waals surface area contributed by atoms with E-state index >= 15 is 0 Å². The van der Waals surface area contributed by atoms with E-state index in [0.29, 0.717) is 19.7 Å². The van der Waals surface area contributed by atoms with Crippen LogP contribution in [0, 0.1) is 18.8 Å². The molecule has 6 nitrogen and oxygen atoms in total. The molecule has 0 spiro atoms. The van der Waals surface area contributed by atoms with E-state index in [-0.39, 0.29) is 17.7 Å². The molecule has 138 valence electrons. The highest BCUT2D eigenvalue weighted by Crippen LogP contribution is 2.27. The van der Waals surface area contributed by atoms with Crippen molar-refractivity contribution in [3.8, 4) is 0 Å². The number of amides is 1. The molecule has 1 aromatic heterocycles. The second-order valence-electron chi connectivity index (χ2n) is 6.82. The highest BCUT2D eigenvalue weighted by Gasteiger charge is 2.38. The average molecular weight is 354 g/mol. The third kappa shape index (κ3) is 4.58. The van der Waals surface area contributed by atoms with Gasteiger partial charge >= 0.3 is 0 Å². The Morgan fingerprint density at radius 1 is 1.35 bits per heavy atom. The lowest BCUT2D eigenvalue weighted by Crippen LogP contribution is -2.37. The first kappa shape index (κ1) is 18.3. The standard InChI is InChI=1S/C20H26N4O2/c1-15-4-3-5-16(10-15)6-7-23-20(25)18-13-24(12-17(18)14-26-2)19-11-21-8-9-22-19/h3-5,8-11,17-18H,6-7,12-14H2,1-2H3,(H,23,25). The monoisotopic (exact) mass is 354 g/mol. The maximum absolute atomic E-state index is 12.7. The fourth-order valence-corrected chi connectivity index (χ4v) is 3.52. The van der Waals surface area contributed by atoms with Gasteiger partial charge in [-0.2, -0.15) is 0 Å². The fourth-order valence-electron chi connectivity index (χ4n) is 3.52. The third-order valence-electron chi connectivity index (χ3n) is 4.83. The van der Waals surface area contributed by atoms with Gasteiger partial charge in [0, 0.05) is 45.1 Å². The lowest BCUT2D eigenvalue weighted by Gasteiger charge is -2.17. The molecule has 26 heavy (non-hydrogen) atoms. The van der Waals surface area contributed by atoms with Gasteiger partial charge < -0.3 is 15.0 Å². The number of nitrogens with one attached hydrogen (secondary N) is 1. The van der Waals surface area contributed by atoms with E-state index in [9.17, 15) is 4.79 Å². The summed E-state index contributed by atoms with van der Waals surface area (Å²) in [5.74, 6) is 0.949. The molecule has 0 radical (unpaired) electrons. The first-order valence-electron chi connectivity index (χ1n) is 9.00. The van der Waals surface area contributed by atoms with Crippen LogP contribution in [0.5, 0.6) is 0 Å².